The van der Waals surface area contributed by atoms with Crippen LogP contribution < -0.4 is 0 Å². The lowest BCUT2D eigenvalue weighted by Gasteiger charge is -2.18. The number of pyridine rings is 1. The molecule has 0 fully saturated rings. The highest BCUT2D eigenvalue weighted by Gasteiger charge is 2.14. The van der Waals surface area contributed by atoms with E-state index < -0.39 is 0 Å². The van der Waals surface area contributed by atoms with Crippen molar-refractivity contribution in [1.29, 1.82) is 0 Å². The Morgan fingerprint density at radius 1 is 0.909 bits per heavy atom. The van der Waals surface area contributed by atoms with E-state index in [1.165, 1.54) is 69.7 Å². The quantitative estimate of drug-likeness (QED) is 0.483. The van der Waals surface area contributed by atoms with Crippen LogP contribution in [0.1, 0.15) is 84.1 Å². The second kappa shape index (κ2) is 9.60. The van der Waals surface area contributed by atoms with Gasteiger partial charge in [0, 0.05) is 17.8 Å². The number of hydrogen-bond acceptors (Lipinski definition) is 2. The Hall–Kier alpha value is -1.38. The van der Waals surface area contributed by atoms with Gasteiger partial charge in [-0.15, -0.1) is 0 Å². The van der Waals surface area contributed by atoms with Gasteiger partial charge in [0.05, 0.1) is 17.8 Å². The van der Waals surface area contributed by atoms with Crippen molar-refractivity contribution in [3.8, 4) is 0 Å². The van der Waals surface area contributed by atoms with Crippen LogP contribution in [0.25, 0.3) is 10.9 Å². The third-order valence-electron chi connectivity index (χ3n) is 4.52. The van der Waals surface area contributed by atoms with Crippen LogP contribution in [0.4, 0.5) is 0 Å². The summed E-state index contributed by atoms with van der Waals surface area (Å²) >= 11 is 0. The molecule has 2 rings (SSSR count). The van der Waals surface area contributed by atoms with Crippen molar-refractivity contribution < 1.29 is 0 Å². The van der Waals surface area contributed by atoms with Crippen LogP contribution >= 0.6 is 0 Å². The highest BCUT2D eigenvalue weighted by molar-refractivity contribution is 5.77. The summed E-state index contributed by atoms with van der Waals surface area (Å²) in [5.41, 5.74) is 1.24. The van der Waals surface area contributed by atoms with Gasteiger partial charge < -0.3 is 0 Å². The lowest BCUT2D eigenvalue weighted by atomic mass is 10.0. The Kier molecular flexibility index (Phi) is 7.41. The normalized spacial score (nSPS) is 12.8. The van der Waals surface area contributed by atoms with E-state index in [-0.39, 0.29) is 0 Å². The van der Waals surface area contributed by atoms with E-state index in [9.17, 15) is 0 Å². The van der Waals surface area contributed by atoms with Gasteiger partial charge in [-0.25, -0.2) is 0 Å². The molecule has 0 aliphatic rings. The Labute approximate surface area is 135 Å². The number of aromatic nitrogens is 3. The minimum absolute atomic E-state index is 0.549. The Bertz CT molecular complexity index is 532. The maximum Gasteiger partial charge on any atom is 0.0716 e. The van der Waals surface area contributed by atoms with Gasteiger partial charge in [0.2, 0.25) is 0 Å². The molecule has 3 nitrogen and oxygen atoms in total. The first-order valence-electron chi connectivity index (χ1n) is 9.14. The molecule has 0 saturated heterocycles. The molecule has 0 aromatic carbocycles. The van der Waals surface area contributed by atoms with Crippen LogP contribution in [0.2, 0.25) is 0 Å². The predicted molar refractivity (Wildman–Crippen MR) is 94.1 cm³/mol. The molecular formula is C19H31N3. The molecule has 1 atom stereocenters. The van der Waals surface area contributed by atoms with Crippen molar-refractivity contribution in [2.75, 3.05) is 0 Å². The molecular weight excluding hydrogens is 270 g/mol. The number of fused-ring (bicyclic) bond motifs is 1. The largest absolute Gasteiger partial charge is 0.264 e. The second-order valence-electron chi connectivity index (χ2n) is 6.38. The van der Waals surface area contributed by atoms with Crippen molar-refractivity contribution in [3.05, 3.63) is 24.7 Å². The summed E-state index contributed by atoms with van der Waals surface area (Å²) < 4.78 is 2.26. The monoisotopic (exact) mass is 301 g/mol. The summed E-state index contributed by atoms with van der Waals surface area (Å²) in [5.74, 6) is 0. The van der Waals surface area contributed by atoms with E-state index in [0.29, 0.717) is 6.04 Å². The van der Waals surface area contributed by atoms with Gasteiger partial charge in [-0.05, 0) is 18.9 Å². The van der Waals surface area contributed by atoms with Crippen LogP contribution in [0, 0.1) is 0 Å². The van der Waals surface area contributed by atoms with E-state index in [0.717, 1.165) is 5.39 Å². The fraction of sp³-hybridized carbons (Fsp3) is 0.684. The molecule has 0 N–H and O–H groups in total. The predicted octanol–water partition coefficient (Wildman–Crippen LogP) is 5.91. The smallest absolute Gasteiger partial charge is 0.0716 e. The average Bonchev–Trinajstić information content (AvgIpc) is 2.97. The van der Waals surface area contributed by atoms with E-state index in [1.54, 1.807) is 0 Å². The van der Waals surface area contributed by atoms with Gasteiger partial charge in [-0.3, -0.25) is 9.67 Å². The third-order valence-corrected chi connectivity index (χ3v) is 4.52. The molecule has 0 aliphatic heterocycles. The molecule has 0 bridgehead atoms. The fourth-order valence-electron chi connectivity index (χ4n) is 3.19. The highest BCUT2D eigenvalue weighted by atomic mass is 15.3. The first kappa shape index (κ1) is 17.0. The summed E-state index contributed by atoms with van der Waals surface area (Å²) in [5, 5.41) is 5.83. The topological polar surface area (TPSA) is 30.7 Å². The molecule has 0 spiro atoms. The van der Waals surface area contributed by atoms with E-state index in [2.05, 4.69) is 34.7 Å². The summed E-state index contributed by atoms with van der Waals surface area (Å²) in [4.78, 5) is 4.20. The first-order chi connectivity index (χ1) is 10.9. The van der Waals surface area contributed by atoms with E-state index >= 15 is 0 Å². The van der Waals surface area contributed by atoms with Gasteiger partial charge in [-0.2, -0.15) is 5.10 Å². The van der Waals surface area contributed by atoms with Gasteiger partial charge >= 0.3 is 0 Å². The number of unbranched alkanes of at least 4 members (excludes halogenated alkanes) is 6. The molecule has 2 aromatic heterocycles. The summed E-state index contributed by atoms with van der Waals surface area (Å²) in [7, 11) is 0. The van der Waals surface area contributed by atoms with Crippen LogP contribution in [0.5, 0.6) is 0 Å². The van der Waals surface area contributed by atoms with E-state index in [4.69, 9.17) is 0 Å². The second-order valence-corrected chi connectivity index (χ2v) is 6.38. The standard InChI is InChI=1S/C19H31N3/c1-3-5-7-8-10-12-18(11-9-6-4-2)22-19-13-14-20-15-17(19)16-21-22/h13-16,18H,3-12H2,1-2H3. The molecule has 3 heteroatoms. The lowest BCUT2D eigenvalue weighted by Crippen LogP contribution is -2.11. The number of nitrogens with zero attached hydrogens (tertiary/aromatic N) is 3. The van der Waals surface area contributed by atoms with Crippen molar-refractivity contribution in [2.24, 2.45) is 0 Å². The summed E-state index contributed by atoms with van der Waals surface area (Å²) in [6.07, 6.45) is 18.9. The van der Waals surface area contributed by atoms with Crippen LogP contribution in [0.3, 0.4) is 0 Å². The summed E-state index contributed by atoms with van der Waals surface area (Å²) in [6.45, 7) is 4.55. The molecule has 2 aromatic rings. The Morgan fingerprint density at radius 2 is 1.59 bits per heavy atom. The molecule has 0 amide bonds. The minimum atomic E-state index is 0.549. The first-order valence-corrected chi connectivity index (χ1v) is 9.14. The zero-order valence-corrected chi connectivity index (χ0v) is 14.3. The van der Waals surface area contributed by atoms with E-state index in [1.807, 2.05) is 18.6 Å². The van der Waals surface area contributed by atoms with Gasteiger partial charge in [0.25, 0.3) is 0 Å². The molecule has 0 aliphatic carbocycles. The fourth-order valence-corrected chi connectivity index (χ4v) is 3.19. The maximum absolute atomic E-state index is 4.67. The molecule has 0 saturated carbocycles. The van der Waals surface area contributed by atoms with Crippen molar-refractivity contribution in [2.45, 2.75) is 84.1 Å². The van der Waals surface area contributed by atoms with Crippen LogP contribution in [-0.4, -0.2) is 14.8 Å². The zero-order valence-electron chi connectivity index (χ0n) is 14.3. The van der Waals surface area contributed by atoms with Gasteiger partial charge in [-0.1, -0.05) is 65.2 Å². The van der Waals surface area contributed by atoms with Crippen LogP contribution in [0.15, 0.2) is 24.7 Å². The third kappa shape index (κ3) is 4.82. The number of hydrogen-bond donors (Lipinski definition) is 0. The molecule has 0 radical (unpaired) electrons. The molecule has 122 valence electrons. The highest BCUT2D eigenvalue weighted by Crippen LogP contribution is 2.26. The van der Waals surface area contributed by atoms with Crippen molar-refractivity contribution in [3.63, 3.8) is 0 Å². The maximum atomic E-state index is 4.67. The average molecular weight is 301 g/mol. The Balaban J connectivity index is 1.99. The van der Waals surface area contributed by atoms with Gasteiger partial charge in [0.15, 0.2) is 0 Å². The van der Waals surface area contributed by atoms with Crippen LogP contribution in [-0.2, 0) is 0 Å². The molecule has 2 heterocycles. The summed E-state index contributed by atoms with van der Waals surface area (Å²) in [6, 6.07) is 2.65. The zero-order chi connectivity index (χ0) is 15.6. The molecule has 1 unspecified atom stereocenters. The van der Waals surface area contributed by atoms with Gasteiger partial charge in [0.1, 0.15) is 0 Å². The Morgan fingerprint density at radius 3 is 2.36 bits per heavy atom. The SMILES string of the molecule is CCCCCCCC(CCCCC)n1ncc2cnccc21. The van der Waals surface area contributed by atoms with Crippen molar-refractivity contribution in [1.82, 2.24) is 14.8 Å². The molecule has 22 heavy (non-hydrogen) atoms. The lowest BCUT2D eigenvalue weighted by molar-refractivity contribution is 0.378. The van der Waals surface area contributed by atoms with Crippen molar-refractivity contribution >= 4 is 10.9 Å². The minimum Gasteiger partial charge on any atom is -0.264 e. The number of rotatable bonds is 11.